The number of nitrogens with zero attached hydrogens (tertiary/aromatic N) is 2. The maximum absolute atomic E-state index is 13.5. The fraction of sp³-hybridized carbons (Fsp3) is 0.625. The molecule has 116 valence electrons. The summed E-state index contributed by atoms with van der Waals surface area (Å²) in [7, 11) is 0. The molecule has 1 aromatic rings. The van der Waals surface area contributed by atoms with Crippen LogP contribution in [0.1, 0.15) is 26.7 Å². The quantitative estimate of drug-likeness (QED) is 0.748. The number of hydrogen-bond donors (Lipinski definition) is 0. The minimum absolute atomic E-state index is 0.295. The van der Waals surface area contributed by atoms with Crippen molar-refractivity contribution in [2.24, 2.45) is 5.92 Å². The topological polar surface area (TPSA) is 6.48 Å². The van der Waals surface area contributed by atoms with Crippen LogP contribution in [0.4, 0.5) is 10.1 Å². The minimum Gasteiger partial charge on any atom is -0.363 e. The van der Waals surface area contributed by atoms with Gasteiger partial charge in [0.15, 0.2) is 0 Å². The van der Waals surface area contributed by atoms with Gasteiger partial charge in [0.1, 0.15) is 5.82 Å². The summed E-state index contributed by atoms with van der Waals surface area (Å²) in [5, 5.41) is 0.499. The number of rotatable bonds is 2. The third-order valence-electron chi connectivity index (χ3n) is 4.77. The molecule has 0 bridgehead atoms. The lowest BCUT2D eigenvalue weighted by atomic mass is 9.96. The van der Waals surface area contributed by atoms with E-state index in [2.05, 4.69) is 39.6 Å². The SMILES string of the molecule is CC(C)C1CN2CCCC2CN1c1c(Cl)cc(F)cc1Br. The zero-order valence-corrected chi connectivity index (χ0v) is 14.8. The van der Waals surface area contributed by atoms with Gasteiger partial charge in [-0.3, -0.25) is 4.90 Å². The van der Waals surface area contributed by atoms with Gasteiger partial charge in [-0.05, 0) is 53.4 Å². The van der Waals surface area contributed by atoms with E-state index in [-0.39, 0.29) is 5.82 Å². The van der Waals surface area contributed by atoms with E-state index >= 15 is 0 Å². The van der Waals surface area contributed by atoms with E-state index < -0.39 is 0 Å². The number of hydrogen-bond acceptors (Lipinski definition) is 2. The Labute approximate surface area is 139 Å². The molecule has 0 amide bonds. The lowest BCUT2D eigenvalue weighted by Gasteiger charge is -2.47. The van der Waals surface area contributed by atoms with Crippen LogP contribution in [0.5, 0.6) is 0 Å². The van der Waals surface area contributed by atoms with E-state index in [0.717, 1.165) is 23.2 Å². The summed E-state index contributed by atoms with van der Waals surface area (Å²) in [6.45, 7) is 7.76. The summed E-state index contributed by atoms with van der Waals surface area (Å²) in [6, 6.07) is 3.95. The lowest BCUT2D eigenvalue weighted by Crippen LogP contribution is -2.58. The minimum atomic E-state index is -0.295. The van der Waals surface area contributed by atoms with Gasteiger partial charge in [0.05, 0.1) is 10.7 Å². The van der Waals surface area contributed by atoms with E-state index in [1.807, 2.05) is 0 Å². The van der Waals surface area contributed by atoms with Crippen LogP contribution in [0.3, 0.4) is 0 Å². The van der Waals surface area contributed by atoms with Gasteiger partial charge in [-0.1, -0.05) is 25.4 Å². The molecular weight excluding hydrogens is 355 g/mol. The van der Waals surface area contributed by atoms with E-state index in [9.17, 15) is 4.39 Å². The van der Waals surface area contributed by atoms with Crippen LogP contribution in [-0.2, 0) is 0 Å². The molecule has 2 fully saturated rings. The Morgan fingerprint density at radius 1 is 1.33 bits per heavy atom. The molecule has 0 saturated carbocycles. The average molecular weight is 376 g/mol. The zero-order chi connectivity index (χ0) is 15.1. The standard InChI is InChI=1S/C16H21BrClFN2/c1-10(2)15-9-20-5-3-4-12(20)8-21(15)16-13(17)6-11(19)7-14(16)18/h6-7,10,12,15H,3-5,8-9H2,1-2H3. The Kier molecular flexibility index (Phi) is 4.49. The molecule has 2 unspecified atom stereocenters. The van der Waals surface area contributed by atoms with Gasteiger partial charge in [-0.2, -0.15) is 0 Å². The predicted molar refractivity (Wildman–Crippen MR) is 89.7 cm³/mol. The third-order valence-corrected chi connectivity index (χ3v) is 5.66. The van der Waals surface area contributed by atoms with E-state index in [0.29, 0.717) is 23.0 Å². The van der Waals surface area contributed by atoms with Crippen LogP contribution >= 0.6 is 27.5 Å². The molecule has 2 aliphatic heterocycles. The number of fused-ring (bicyclic) bond motifs is 1. The van der Waals surface area contributed by atoms with Crippen molar-refractivity contribution in [1.82, 2.24) is 4.90 Å². The van der Waals surface area contributed by atoms with Crippen LogP contribution in [0.15, 0.2) is 16.6 Å². The van der Waals surface area contributed by atoms with Gasteiger partial charge in [0.2, 0.25) is 0 Å². The Morgan fingerprint density at radius 3 is 2.76 bits per heavy atom. The molecule has 2 aliphatic rings. The number of benzene rings is 1. The summed E-state index contributed by atoms with van der Waals surface area (Å²) in [6.07, 6.45) is 2.53. The Balaban J connectivity index is 1.98. The first kappa shape index (κ1) is 15.6. The van der Waals surface area contributed by atoms with Crippen molar-refractivity contribution < 1.29 is 4.39 Å². The fourth-order valence-electron chi connectivity index (χ4n) is 3.68. The van der Waals surface area contributed by atoms with Gasteiger partial charge in [0, 0.05) is 29.6 Å². The van der Waals surface area contributed by atoms with Crippen molar-refractivity contribution in [1.29, 1.82) is 0 Å². The molecule has 2 heterocycles. The first-order valence-electron chi connectivity index (χ1n) is 7.62. The fourth-order valence-corrected chi connectivity index (χ4v) is 4.77. The summed E-state index contributed by atoms with van der Waals surface area (Å²) in [5.41, 5.74) is 0.948. The molecule has 1 aromatic carbocycles. The first-order valence-corrected chi connectivity index (χ1v) is 8.79. The molecule has 0 radical (unpaired) electrons. The van der Waals surface area contributed by atoms with Gasteiger partial charge in [-0.25, -0.2) is 4.39 Å². The first-order chi connectivity index (χ1) is 9.97. The maximum Gasteiger partial charge on any atom is 0.125 e. The highest BCUT2D eigenvalue weighted by atomic mass is 79.9. The number of piperazine rings is 1. The third kappa shape index (κ3) is 2.95. The molecule has 0 spiro atoms. The summed E-state index contributed by atoms with van der Waals surface area (Å²) >= 11 is 9.86. The Bertz CT molecular complexity index is 514. The lowest BCUT2D eigenvalue weighted by molar-refractivity contribution is 0.176. The molecule has 2 atom stereocenters. The Hall–Kier alpha value is -0.320. The highest BCUT2D eigenvalue weighted by Gasteiger charge is 2.38. The normalized spacial score (nSPS) is 26.5. The second-order valence-electron chi connectivity index (χ2n) is 6.47. The molecule has 0 aliphatic carbocycles. The Morgan fingerprint density at radius 2 is 2.10 bits per heavy atom. The molecule has 5 heteroatoms. The summed E-state index contributed by atoms with van der Waals surface area (Å²) in [4.78, 5) is 5.00. The molecule has 2 saturated heterocycles. The second-order valence-corrected chi connectivity index (χ2v) is 7.73. The smallest absolute Gasteiger partial charge is 0.125 e. The van der Waals surface area contributed by atoms with Crippen LogP contribution in [-0.4, -0.2) is 36.6 Å². The zero-order valence-electron chi connectivity index (χ0n) is 12.5. The predicted octanol–water partition coefficient (Wildman–Crippen LogP) is 4.55. The van der Waals surface area contributed by atoms with E-state index in [1.165, 1.54) is 31.5 Å². The number of anilines is 1. The van der Waals surface area contributed by atoms with Crippen molar-refractivity contribution in [3.63, 3.8) is 0 Å². The van der Waals surface area contributed by atoms with Crippen molar-refractivity contribution in [2.75, 3.05) is 24.5 Å². The molecule has 21 heavy (non-hydrogen) atoms. The largest absolute Gasteiger partial charge is 0.363 e. The number of halogens is 3. The molecule has 0 aromatic heterocycles. The van der Waals surface area contributed by atoms with Crippen molar-refractivity contribution in [3.8, 4) is 0 Å². The van der Waals surface area contributed by atoms with Crippen molar-refractivity contribution in [3.05, 3.63) is 27.4 Å². The van der Waals surface area contributed by atoms with Crippen LogP contribution < -0.4 is 4.90 Å². The van der Waals surface area contributed by atoms with E-state index in [4.69, 9.17) is 11.6 Å². The van der Waals surface area contributed by atoms with E-state index in [1.54, 1.807) is 0 Å². The second kappa shape index (κ2) is 6.05. The summed E-state index contributed by atoms with van der Waals surface area (Å²) in [5.74, 6) is 0.232. The van der Waals surface area contributed by atoms with Crippen LogP contribution in [0.2, 0.25) is 5.02 Å². The average Bonchev–Trinajstić information content (AvgIpc) is 2.83. The van der Waals surface area contributed by atoms with Crippen molar-refractivity contribution >= 4 is 33.2 Å². The van der Waals surface area contributed by atoms with Crippen LogP contribution in [0.25, 0.3) is 0 Å². The molecule has 0 N–H and O–H groups in total. The van der Waals surface area contributed by atoms with Gasteiger partial charge in [-0.15, -0.1) is 0 Å². The maximum atomic E-state index is 13.5. The highest BCUT2D eigenvalue weighted by molar-refractivity contribution is 9.10. The van der Waals surface area contributed by atoms with Gasteiger partial charge in [0.25, 0.3) is 0 Å². The highest BCUT2D eigenvalue weighted by Crippen LogP contribution is 2.40. The van der Waals surface area contributed by atoms with Crippen molar-refractivity contribution in [2.45, 2.75) is 38.8 Å². The molecule has 3 rings (SSSR count). The molecule has 2 nitrogen and oxygen atoms in total. The molecular formula is C16H21BrClFN2. The monoisotopic (exact) mass is 374 g/mol. The van der Waals surface area contributed by atoms with Crippen LogP contribution in [0, 0.1) is 11.7 Å². The van der Waals surface area contributed by atoms with Gasteiger partial charge >= 0.3 is 0 Å². The van der Waals surface area contributed by atoms with Gasteiger partial charge < -0.3 is 4.90 Å². The summed E-state index contributed by atoms with van der Waals surface area (Å²) < 4.78 is 14.3.